The van der Waals surface area contributed by atoms with Gasteiger partial charge < -0.3 is 17.0 Å². The maximum absolute atomic E-state index is 3.66. The Labute approximate surface area is 71.8 Å². The number of rotatable bonds is 1. The standard InChI is InChI=1S/C8H10N.BrH/c1-3-8-5-4-6-9(2)7-8;/h3-7H,1H2,2H3;1H/q+1;/p-1. The largest absolute Gasteiger partial charge is 1.00 e. The highest BCUT2D eigenvalue weighted by Gasteiger charge is 1.89. The number of nitrogens with zero attached hydrogens (tertiary/aromatic N) is 1. The molecule has 0 N–H and O–H groups in total. The summed E-state index contributed by atoms with van der Waals surface area (Å²) in [6.45, 7) is 3.66. The van der Waals surface area contributed by atoms with E-state index in [-0.39, 0.29) is 17.0 Å². The summed E-state index contributed by atoms with van der Waals surface area (Å²) in [4.78, 5) is 0. The molecular weight excluding hydrogens is 190 g/mol. The molecule has 0 amide bonds. The van der Waals surface area contributed by atoms with Gasteiger partial charge in [-0.2, -0.15) is 0 Å². The second kappa shape index (κ2) is 4.23. The van der Waals surface area contributed by atoms with E-state index in [1.54, 1.807) is 0 Å². The molecule has 0 radical (unpaired) electrons. The zero-order valence-corrected chi connectivity index (χ0v) is 7.51. The lowest BCUT2D eigenvalue weighted by molar-refractivity contribution is -0.671. The van der Waals surface area contributed by atoms with Gasteiger partial charge in [-0.15, -0.1) is 0 Å². The van der Waals surface area contributed by atoms with Crippen molar-refractivity contribution in [3.63, 3.8) is 0 Å². The molecule has 0 saturated heterocycles. The number of halogens is 1. The van der Waals surface area contributed by atoms with Gasteiger partial charge in [0.2, 0.25) is 0 Å². The number of aryl methyl sites for hydroxylation is 1. The first-order valence-corrected chi connectivity index (χ1v) is 2.90. The van der Waals surface area contributed by atoms with Crippen molar-refractivity contribution in [1.82, 2.24) is 0 Å². The fraction of sp³-hybridized carbons (Fsp3) is 0.125. The van der Waals surface area contributed by atoms with E-state index in [0.717, 1.165) is 5.56 Å². The molecule has 0 unspecified atom stereocenters. The lowest BCUT2D eigenvalue weighted by atomic mass is 10.3. The molecule has 0 aliphatic carbocycles. The third-order valence-corrected chi connectivity index (χ3v) is 1.20. The molecule has 0 saturated carbocycles. The van der Waals surface area contributed by atoms with Crippen LogP contribution >= 0.6 is 0 Å². The molecule has 0 atom stereocenters. The smallest absolute Gasteiger partial charge is 0.175 e. The lowest BCUT2D eigenvalue weighted by Crippen LogP contribution is -3.00. The van der Waals surface area contributed by atoms with E-state index in [4.69, 9.17) is 0 Å². The Morgan fingerprint density at radius 1 is 1.60 bits per heavy atom. The molecule has 54 valence electrons. The summed E-state index contributed by atoms with van der Waals surface area (Å²) in [6.07, 6.45) is 5.85. The van der Waals surface area contributed by atoms with Crippen molar-refractivity contribution in [2.75, 3.05) is 0 Å². The van der Waals surface area contributed by atoms with Gasteiger partial charge >= 0.3 is 0 Å². The fourth-order valence-electron chi connectivity index (χ4n) is 0.732. The molecular formula is C8H10BrN. The summed E-state index contributed by atoms with van der Waals surface area (Å²) in [7, 11) is 1.99. The summed E-state index contributed by atoms with van der Waals surface area (Å²) < 4.78 is 2.00. The molecule has 1 aromatic heterocycles. The van der Waals surface area contributed by atoms with Crippen LogP contribution in [0.5, 0.6) is 0 Å². The Morgan fingerprint density at radius 3 is 2.70 bits per heavy atom. The third-order valence-electron chi connectivity index (χ3n) is 1.20. The predicted octanol–water partition coefficient (Wildman–Crippen LogP) is -1.84. The zero-order chi connectivity index (χ0) is 6.69. The van der Waals surface area contributed by atoms with Gasteiger partial charge in [-0.3, -0.25) is 0 Å². The van der Waals surface area contributed by atoms with Crippen molar-refractivity contribution < 1.29 is 21.5 Å². The maximum atomic E-state index is 3.66. The van der Waals surface area contributed by atoms with Crippen molar-refractivity contribution >= 4 is 6.08 Å². The summed E-state index contributed by atoms with van der Waals surface area (Å²) in [6, 6.07) is 4.02. The first kappa shape index (κ1) is 9.37. The summed E-state index contributed by atoms with van der Waals surface area (Å²) >= 11 is 0. The molecule has 1 heterocycles. The molecule has 0 aromatic carbocycles. The van der Waals surface area contributed by atoms with Crippen LogP contribution in [0, 0.1) is 0 Å². The van der Waals surface area contributed by atoms with E-state index in [9.17, 15) is 0 Å². The van der Waals surface area contributed by atoms with Gasteiger partial charge in [0.15, 0.2) is 12.4 Å². The highest BCUT2D eigenvalue weighted by atomic mass is 79.9. The first-order valence-electron chi connectivity index (χ1n) is 2.90. The molecule has 10 heavy (non-hydrogen) atoms. The van der Waals surface area contributed by atoms with Crippen LogP contribution in [0.3, 0.4) is 0 Å². The van der Waals surface area contributed by atoms with E-state index in [1.807, 2.05) is 42.2 Å². The summed E-state index contributed by atoms with van der Waals surface area (Å²) in [5.74, 6) is 0. The van der Waals surface area contributed by atoms with E-state index >= 15 is 0 Å². The average molecular weight is 200 g/mol. The SMILES string of the molecule is C=Cc1ccc[n+](C)c1.[Br-]. The van der Waals surface area contributed by atoms with E-state index in [2.05, 4.69) is 6.58 Å². The molecule has 1 nitrogen and oxygen atoms in total. The van der Waals surface area contributed by atoms with Gasteiger partial charge in [0.25, 0.3) is 0 Å². The monoisotopic (exact) mass is 199 g/mol. The van der Waals surface area contributed by atoms with Crippen molar-refractivity contribution in [1.29, 1.82) is 0 Å². The molecule has 1 aromatic rings. The van der Waals surface area contributed by atoms with Gasteiger partial charge in [-0.1, -0.05) is 12.7 Å². The van der Waals surface area contributed by atoms with Crippen LogP contribution in [0.4, 0.5) is 0 Å². The number of hydrogen-bond donors (Lipinski definition) is 0. The zero-order valence-electron chi connectivity index (χ0n) is 5.92. The second-order valence-corrected chi connectivity index (χ2v) is 2.01. The Bertz CT molecular complexity index is 220. The molecule has 0 fully saturated rings. The highest BCUT2D eigenvalue weighted by Crippen LogP contribution is 1.93. The molecule has 0 aliphatic rings. The van der Waals surface area contributed by atoms with Gasteiger partial charge in [0.1, 0.15) is 7.05 Å². The molecule has 2 heteroatoms. The quantitative estimate of drug-likeness (QED) is 0.469. The van der Waals surface area contributed by atoms with Crippen LogP contribution in [0.2, 0.25) is 0 Å². The molecule has 1 rings (SSSR count). The van der Waals surface area contributed by atoms with E-state index in [0.29, 0.717) is 0 Å². The number of hydrogen-bond acceptors (Lipinski definition) is 0. The third kappa shape index (κ3) is 2.31. The van der Waals surface area contributed by atoms with Crippen molar-refractivity contribution in [3.8, 4) is 0 Å². The van der Waals surface area contributed by atoms with Gasteiger partial charge in [0.05, 0.1) is 0 Å². The summed E-state index contributed by atoms with van der Waals surface area (Å²) in [5, 5.41) is 0. The van der Waals surface area contributed by atoms with Crippen molar-refractivity contribution in [2.24, 2.45) is 7.05 Å². The van der Waals surface area contributed by atoms with Gasteiger partial charge in [-0.05, 0) is 6.07 Å². The normalized spacial score (nSPS) is 8.10. The van der Waals surface area contributed by atoms with Crippen LogP contribution in [0.1, 0.15) is 5.56 Å². The van der Waals surface area contributed by atoms with Crippen LogP contribution < -0.4 is 21.5 Å². The molecule has 0 spiro atoms. The van der Waals surface area contributed by atoms with Crippen LogP contribution in [0.15, 0.2) is 31.1 Å². The van der Waals surface area contributed by atoms with Gasteiger partial charge in [0, 0.05) is 11.6 Å². The minimum absolute atomic E-state index is 0. The Morgan fingerprint density at radius 2 is 2.30 bits per heavy atom. The molecule has 0 aliphatic heterocycles. The fourth-order valence-corrected chi connectivity index (χ4v) is 0.732. The van der Waals surface area contributed by atoms with Crippen LogP contribution in [0.25, 0.3) is 6.08 Å². The lowest BCUT2D eigenvalue weighted by Gasteiger charge is -1.86. The molecule has 0 bridgehead atoms. The minimum atomic E-state index is 0. The summed E-state index contributed by atoms with van der Waals surface area (Å²) in [5.41, 5.74) is 1.15. The highest BCUT2D eigenvalue weighted by molar-refractivity contribution is 5.43. The maximum Gasteiger partial charge on any atom is 0.175 e. The topological polar surface area (TPSA) is 3.88 Å². The van der Waals surface area contributed by atoms with E-state index in [1.165, 1.54) is 0 Å². The van der Waals surface area contributed by atoms with Crippen LogP contribution in [-0.4, -0.2) is 0 Å². The van der Waals surface area contributed by atoms with Crippen molar-refractivity contribution in [3.05, 3.63) is 36.7 Å². The number of pyridine rings is 1. The second-order valence-electron chi connectivity index (χ2n) is 2.01. The van der Waals surface area contributed by atoms with Crippen LogP contribution in [-0.2, 0) is 7.05 Å². The van der Waals surface area contributed by atoms with Crippen molar-refractivity contribution in [2.45, 2.75) is 0 Å². The van der Waals surface area contributed by atoms with Gasteiger partial charge in [-0.25, -0.2) is 4.57 Å². The Hall–Kier alpha value is -0.630. The predicted molar refractivity (Wildman–Crippen MR) is 37.7 cm³/mol. The van der Waals surface area contributed by atoms with E-state index < -0.39 is 0 Å². The Balaban J connectivity index is 0.000000810. The number of aromatic nitrogens is 1. The average Bonchev–Trinajstić information content (AvgIpc) is 1.88. The first-order chi connectivity index (χ1) is 4.33. The Kier molecular flexibility index (Phi) is 3.96. The minimum Gasteiger partial charge on any atom is -1.00 e.